The van der Waals surface area contributed by atoms with E-state index in [9.17, 15) is 18.3 Å². The third-order valence-corrected chi connectivity index (χ3v) is 11.9. The zero-order valence-electron chi connectivity index (χ0n) is 25.0. The van der Waals surface area contributed by atoms with Crippen LogP contribution in [0.3, 0.4) is 0 Å². The van der Waals surface area contributed by atoms with Crippen molar-refractivity contribution < 1.29 is 18.3 Å². The topological polar surface area (TPSA) is 106 Å². The Morgan fingerprint density at radius 2 is 1.86 bits per heavy atom. The first-order chi connectivity index (χ1) is 20.2. The molecule has 10 heteroatoms. The number of β-amino-alcohol motifs (C(OH)–C–C–N with tert-alkyl or cyclic N) is 1. The molecule has 1 aromatic heterocycles. The maximum Gasteiger partial charge on any atom is 0.321 e. The van der Waals surface area contributed by atoms with Crippen LogP contribution in [0.5, 0.6) is 0 Å². The first-order valence-corrected chi connectivity index (χ1v) is 17.3. The summed E-state index contributed by atoms with van der Waals surface area (Å²) in [5.74, 6) is 0.411. The Labute approximate surface area is 250 Å². The van der Waals surface area contributed by atoms with Crippen LogP contribution >= 0.6 is 0 Å². The van der Waals surface area contributed by atoms with Gasteiger partial charge in [0, 0.05) is 56.8 Å². The van der Waals surface area contributed by atoms with Crippen LogP contribution in [0.25, 0.3) is 11.3 Å². The highest BCUT2D eigenvalue weighted by Crippen LogP contribution is 2.50. The number of fused-ring (bicyclic) bond motifs is 2. The molecule has 1 aliphatic carbocycles. The van der Waals surface area contributed by atoms with Gasteiger partial charge in [-0.15, -0.1) is 0 Å². The first kappa shape index (κ1) is 29.5. The van der Waals surface area contributed by atoms with E-state index in [0.29, 0.717) is 26.2 Å². The van der Waals surface area contributed by atoms with Crippen molar-refractivity contribution in [2.24, 2.45) is 5.92 Å². The lowest BCUT2D eigenvalue weighted by atomic mass is 9.84. The fraction of sp³-hybridized carbons (Fsp3) is 0.625. The van der Waals surface area contributed by atoms with E-state index in [1.807, 2.05) is 4.90 Å². The summed E-state index contributed by atoms with van der Waals surface area (Å²) < 4.78 is 26.0. The number of aryl methyl sites for hydroxylation is 1. The number of carbonyl (C=O) groups excluding carboxylic acids is 1. The van der Waals surface area contributed by atoms with Gasteiger partial charge in [0.05, 0.1) is 28.9 Å². The van der Waals surface area contributed by atoms with Crippen molar-refractivity contribution in [2.45, 2.75) is 76.9 Å². The predicted octanol–water partition coefficient (Wildman–Crippen LogP) is 4.03. The fourth-order valence-electron chi connectivity index (χ4n) is 7.46. The maximum absolute atomic E-state index is 13.6. The lowest BCUT2D eigenvalue weighted by Gasteiger charge is -2.31. The number of aliphatic hydroxyl groups is 1. The fourth-order valence-corrected chi connectivity index (χ4v) is 8.59. The van der Waals surface area contributed by atoms with E-state index in [0.717, 1.165) is 87.2 Å². The Balaban J connectivity index is 1.18. The SMILES string of the molecule is CCS(=O)(=O)N1CCC(CNC(=O)N2CC3(CCCC3)c3nc(-c4cc(CN5CC[C@H](O)C5)ccc4C)ccc32)CC1. The summed E-state index contributed by atoms with van der Waals surface area (Å²) >= 11 is 0. The van der Waals surface area contributed by atoms with E-state index < -0.39 is 10.0 Å². The van der Waals surface area contributed by atoms with E-state index in [4.69, 9.17) is 4.98 Å². The van der Waals surface area contributed by atoms with Gasteiger partial charge >= 0.3 is 6.03 Å². The smallest absolute Gasteiger partial charge is 0.321 e. The lowest BCUT2D eigenvalue weighted by Crippen LogP contribution is -2.46. The Kier molecular flexibility index (Phi) is 8.34. The quantitative estimate of drug-likeness (QED) is 0.501. The van der Waals surface area contributed by atoms with Crippen molar-refractivity contribution in [3.05, 3.63) is 47.2 Å². The van der Waals surface area contributed by atoms with Gasteiger partial charge in [-0.1, -0.05) is 25.0 Å². The molecule has 2 aromatic rings. The number of nitrogens with zero attached hydrogens (tertiary/aromatic N) is 4. The third-order valence-electron chi connectivity index (χ3n) is 10.0. The minimum Gasteiger partial charge on any atom is -0.392 e. The second-order valence-electron chi connectivity index (χ2n) is 12.9. The summed E-state index contributed by atoms with van der Waals surface area (Å²) in [5.41, 5.74) is 6.36. The van der Waals surface area contributed by atoms with Gasteiger partial charge in [0.2, 0.25) is 10.0 Å². The molecule has 2 saturated heterocycles. The van der Waals surface area contributed by atoms with Crippen molar-refractivity contribution in [1.82, 2.24) is 19.5 Å². The number of pyridine rings is 1. The average Bonchev–Trinajstić information content (AvgIpc) is 3.72. The lowest BCUT2D eigenvalue weighted by molar-refractivity contribution is 0.175. The highest BCUT2D eigenvalue weighted by molar-refractivity contribution is 7.89. The number of sulfonamides is 1. The number of aromatic nitrogens is 1. The molecule has 1 atom stereocenters. The summed E-state index contributed by atoms with van der Waals surface area (Å²) in [6.07, 6.45) is 6.52. The molecular formula is C32H45N5O4S. The molecular weight excluding hydrogens is 550 g/mol. The number of likely N-dealkylation sites (tertiary alicyclic amines) is 1. The Hall–Kier alpha value is -2.53. The van der Waals surface area contributed by atoms with E-state index >= 15 is 0 Å². The van der Waals surface area contributed by atoms with Gasteiger partial charge in [0.1, 0.15) is 0 Å². The maximum atomic E-state index is 13.6. The number of carbonyl (C=O) groups is 1. The zero-order chi connectivity index (χ0) is 29.5. The van der Waals surface area contributed by atoms with Gasteiger partial charge in [0.25, 0.3) is 0 Å². The highest BCUT2D eigenvalue weighted by Gasteiger charge is 2.48. The number of hydrogen-bond donors (Lipinski definition) is 2. The van der Waals surface area contributed by atoms with Crippen LogP contribution in [0.15, 0.2) is 30.3 Å². The summed E-state index contributed by atoms with van der Waals surface area (Å²) in [6, 6.07) is 10.6. The van der Waals surface area contributed by atoms with Crippen LogP contribution in [-0.4, -0.2) is 84.9 Å². The van der Waals surface area contributed by atoms with Gasteiger partial charge < -0.3 is 10.4 Å². The van der Waals surface area contributed by atoms with E-state index in [-0.39, 0.29) is 29.2 Å². The molecule has 0 radical (unpaired) electrons. The predicted molar refractivity (Wildman–Crippen MR) is 165 cm³/mol. The molecule has 9 nitrogen and oxygen atoms in total. The zero-order valence-corrected chi connectivity index (χ0v) is 25.8. The number of urea groups is 1. The van der Waals surface area contributed by atoms with E-state index in [1.54, 1.807) is 11.2 Å². The molecule has 3 aliphatic heterocycles. The minimum absolute atomic E-state index is 0.0795. The number of benzene rings is 1. The average molecular weight is 596 g/mol. The van der Waals surface area contributed by atoms with Crippen molar-refractivity contribution in [1.29, 1.82) is 0 Å². The molecule has 3 fully saturated rings. The molecule has 4 aliphatic rings. The van der Waals surface area contributed by atoms with Crippen molar-refractivity contribution in [3.8, 4) is 11.3 Å². The van der Waals surface area contributed by atoms with Gasteiger partial charge in [-0.3, -0.25) is 9.80 Å². The van der Waals surface area contributed by atoms with Crippen LogP contribution < -0.4 is 10.2 Å². The van der Waals surface area contributed by atoms with Crippen LogP contribution in [0.4, 0.5) is 10.5 Å². The standard InChI is InChI=1S/C32H45N5O4S/c1-3-42(40,41)36-16-10-24(11-17-36)19-33-31(39)37-22-32(13-4-5-14-32)30-29(37)9-8-28(34-30)27-18-25(7-6-23(27)2)20-35-15-12-26(38)21-35/h6-9,18,24,26,38H,3-5,10-17,19-22H2,1-2H3,(H,33,39)/t26-/m0/s1. The monoisotopic (exact) mass is 595 g/mol. The van der Waals surface area contributed by atoms with Crippen LogP contribution in [0.1, 0.15) is 68.7 Å². The summed E-state index contributed by atoms with van der Waals surface area (Å²) in [4.78, 5) is 23.0. The van der Waals surface area contributed by atoms with Crippen LogP contribution in [-0.2, 0) is 22.0 Å². The number of nitrogens with one attached hydrogen (secondary N) is 1. The largest absolute Gasteiger partial charge is 0.392 e. The highest BCUT2D eigenvalue weighted by atomic mass is 32.2. The van der Waals surface area contributed by atoms with Crippen LogP contribution in [0.2, 0.25) is 0 Å². The molecule has 228 valence electrons. The molecule has 2 N–H and O–H groups in total. The summed E-state index contributed by atoms with van der Waals surface area (Å²) in [5, 5.41) is 13.1. The van der Waals surface area contributed by atoms with Crippen molar-refractivity contribution in [3.63, 3.8) is 0 Å². The number of amides is 2. The van der Waals surface area contributed by atoms with Crippen molar-refractivity contribution >= 4 is 21.7 Å². The molecule has 1 spiro atoms. The number of rotatable bonds is 7. The van der Waals surface area contributed by atoms with Crippen molar-refractivity contribution in [2.75, 3.05) is 49.9 Å². The minimum atomic E-state index is -3.15. The van der Waals surface area contributed by atoms with E-state index in [2.05, 4.69) is 47.5 Å². The molecule has 1 aromatic carbocycles. The van der Waals surface area contributed by atoms with Gasteiger partial charge in [0.15, 0.2) is 0 Å². The normalized spacial score (nSPS) is 23.1. The first-order valence-electron chi connectivity index (χ1n) is 15.7. The molecule has 42 heavy (non-hydrogen) atoms. The third kappa shape index (κ3) is 5.83. The molecule has 2 amide bonds. The molecule has 0 bridgehead atoms. The van der Waals surface area contributed by atoms with Gasteiger partial charge in [-0.2, -0.15) is 0 Å². The van der Waals surface area contributed by atoms with Gasteiger partial charge in [-0.25, -0.2) is 22.5 Å². The van der Waals surface area contributed by atoms with Gasteiger partial charge in [-0.05, 0) is 81.2 Å². The molecule has 0 unspecified atom stereocenters. The number of aliphatic hydroxyl groups excluding tert-OH is 1. The number of hydrogen-bond acceptors (Lipinski definition) is 6. The Morgan fingerprint density at radius 1 is 1.10 bits per heavy atom. The molecule has 4 heterocycles. The second kappa shape index (κ2) is 11.9. The summed E-state index contributed by atoms with van der Waals surface area (Å²) in [7, 11) is -3.15. The number of piperidine rings is 1. The van der Waals surface area contributed by atoms with E-state index in [1.165, 1.54) is 11.1 Å². The molecule has 6 rings (SSSR count). The molecule has 1 saturated carbocycles. The second-order valence-corrected chi connectivity index (χ2v) is 15.2. The number of anilines is 1. The Bertz CT molecular complexity index is 1420. The Morgan fingerprint density at radius 3 is 2.55 bits per heavy atom. The van der Waals surface area contributed by atoms with Crippen LogP contribution in [0, 0.1) is 12.8 Å². The summed E-state index contributed by atoms with van der Waals surface area (Å²) in [6.45, 7) is 8.55.